The molecule has 3 heterocycles. The summed E-state index contributed by atoms with van der Waals surface area (Å²) in [4.78, 5) is 29.1. The van der Waals surface area contributed by atoms with E-state index in [4.69, 9.17) is 46.5 Å². The van der Waals surface area contributed by atoms with E-state index in [1.165, 1.54) is 19.4 Å². The zero-order valence-electron chi connectivity index (χ0n) is 19.2. The van der Waals surface area contributed by atoms with Crippen molar-refractivity contribution in [2.45, 2.75) is 24.5 Å². The summed E-state index contributed by atoms with van der Waals surface area (Å²) < 4.78 is 29.3. The van der Waals surface area contributed by atoms with Gasteiger partial charge in [0.15, 0.2) is 6.23 Å². The van der Waals surface area contributed by atoms with Gasteiger partial charge in [0.2, 0.25) is 0 Å². The van der Waals surface area contributed by atoms with Crippen LogP contribution in [0.4, 0.5) is 5.82 Å². The third-order valence-electron chi connectivity index (χ3n) is 5.70. The predicted octanol–water partition coefficient (Wildman–Crippen LogP) is 3.13. The molecule has 2 aliphatic heterocycles. The first-order valence-electron chi connectivity index (χ1n) is 11.0. The van der Waals surface area contributed by atoms with E-state index in [0.29, 0.717) is 22.1 Å². The van der Waals surface area contributed by atoms with E-state index >= 15 is 0 Å². The molecule has 2 fully saturated rings. The summed E-state index contributed by atoms with van der Waals surface area (Å²) in [7, 11) is 1.52. The highest BCUT2D eigenvalue weighted by atomic mass is 35.5. The van der Waals surface area contributed by atoms with Crippen molar-refractivity contribution in [3.8, 4) is 11.5 Å². The maximum Gasteiger partial charge on any atom is 0.381 e. The molecule has 2 aromatic carbocycles. The van der Waals surface area contributed by atoms with Crippen LogP contribution < -0.4 is 20.3 Å². The number of hydrogen-bond acceptors (Lipinski definition) is 10. The maximum atomic E-state index is 12.8. The van der Waals surface area contributed by atoms with Gasteiger partial charge in [-0.15, -0.1) is 0 Å². The predicted molar refractivity (Wildman–Crippen MR) is 137 cm³/mol. The lowest BCUT2D eigenvalue weighted by molar-refractivity contribution is -0.0613. The van der Waals surface area contributed by atoms with Crippen LogP contribution in [0.1, 0.15) is 16.6 Å². The maximum absolute atomic E-state index is 12.8. The topological polar surface area (TPSA) is 130 Å². The normalized spacial score (nSPS) is 26.8. The Balaban J connectivity index is 1.28. The number of methoxy groups -OCH3 is 1. The Bertz CT molecular complexity index is 1420. The molecule has 5 atom stereocenters. The van der Waals surface area contributed by atoms with E-state index in [9.17, 15) is 14.7 Å². The minimum absolute atomic E-state index is 0.0157. The minimum atomic E-state index is -3.31. The molecule has 0 saturated carbocycles. The smallest absolute Gasteiger partial charge is 0.381 e. The first-order valence-corrected chi connectivity index (χ1v) is 13.9. The van der Waals surface area contributed by atoms with Gasteiger partial charge in [-0.3, -0.25) is 18.4 Å². The van der Waals surface area contributed by atoms with Crippen LogP contribution in [-0.4, -0.2) is 52.6 Å². The fourth-order valence-electron chi connectivity index (χ4n) is 3.85. The van der Waals surface area contributed by atoms with Gasteiger partial charge in [0, 0.05) is 23.6 Å². The molecule has 5 unspecified atom stereocenters. The highest BCUT2D eigenvalue weighted by molar-refractivity contribution is 8.07. The van der Waals surface area contributed by atoms with Crippen LogP contribution in [0.15, 0.2) is 65.6 Å². The summed E-state index contributed by atoms with van der Waals surface area (Å²) in [6, 6.07) is 14.6. The van der Waals surface area contributed by atoms with Gasteiger partial charge in [0.05, 0.1) is 18.7 Å². The summed E-state index contributed by atoms with van der Waals surface area (Å²) in [5, 5.41) is 13.8. The van der Waals surface area contributed by atoms with Gasteiger partial charge in [-0.2, -0.15) is 4.98 Å². The van der Waals surface area contributed by atoms with Gasteiger partial charge in [-0.1, -0.05) is 23.7 Å². The number of aliphatic hydroxyl groups excluding tert-OH is 1. The van der Waals surface area contributed by atoms with E-state index in [1.807, 2.05) is 0 Å². The molecule has 0 radical (unpaired) electrons. The molecule has 0 spiro atoms. The van der Waals surface area contributed by atoms with Gasteiger partial charge in [-0.25, -0.2) is 4.79 Å². The molecule has 2 aliphatic rings. The van der Waals surface area contributed by atoms with Crippen LogP contribution in [0.5, 0.6) is 11.5 Å². The fraction of sp³-hybridized carbons (Fsp3) is 0.261. The quantitative estimate of drug-likeness (QED) is 0.430. The zero-order chi connectivity index (χ0) is 26.2. The second kappa shape index (κ2) is 10.5. The standard InChI is InChI=1S/C23H21ClN3O8PS/c1-31-14-8-6-13(7-9-14)21(29)25-18-10-11-27(23(30)26-18)22-19(28)20-17(33-22)12-32-36(37,35-20)34-16-5-3-2-4-15(16)24/h2-11,17,19-20,22,28H,12H2,1H3,(H,25,26,29,30). The molecule has 1 aromatic heterocycles. The zero-order valence-corrected chi connectivity index (χ0v) is 21.7. The van der Waals surface area contributed by atoms with Crippen LogP contribution >= 0.6 is 18.3 Å². The number of rotatable bonds is 6. The van der Waals surface area contributed by atoms with Crippen molar-refractivity contribution in [2.75, 3.05) is 19.0 Å². The third-order valence-corrected chi connectivity index (χ3v) is 8.20. The van der Waals surface area contributed by atoms with Crippen molar-refractivity contribution in [3.05, 3.63) is 81.9 Å². The number of amides is 1. The Morgan fingerprint density at radius 1 is 1.24 bits per heavy atom. The van der Waals surface area contributed by atoms with Crippen molar-refractivity contribution in [1.82, 2.24) is 9.55 Å². The molecule has 11 nitrogen and oxygen atoms in total. The van der Waals surface area contributed by atoms with Gasteiger partial charge in [0.1, 0.15) is 35.6 Å². The first-order chi connectivity index (χ1) is 17.8. The van der Waals surface area contributed by atoms with Gasteiger partial charge in [0.25, 0.3) is 5.91 Å². The number of anilines is 1. The monoisotopic (exact) mass is 565 g/mol. The lowest BCUT2D eigenvalue weighted by atomic mass is 10.1. The van der Waals surface area contributed by atoms with Crippen molar-refractivity contribution < 1.29 is 32.9 Å². The highest BCUT2D eigenvalue weighted by Crippen LogP contribution is 2.57. The molecular weight excluding hydrogens is 545 g/mol. The summed E-state index contributed by atoms with van der Waals surface area (Å²) in [5.41, 5.74) is -0.389. The van der Waals surface area contributed by atoms with Crippen LogP contribution in [0.2, 0.25) is 5.02 Å². The Morgan fingerprint density at radius 3 is 2.70 bits per heavy atom. The molecule has 1 amide bonds. The Kier molecular flexibility index (Phi) is 7.32. The molecule has 194 valence electrons. The summed E-state index contributed by atoms with van der Waals surface area (Å²) in [6.45, 7) is -3.32. The number of nitrogens with zero attached hydrogens (tertiary/aromatic N) is 2. The highest BCUT2D eigenvalue weighted by Gasteiger charge is 2.52. The number of aliphatic hydroxyl groups is 1. The van der Waals surface area contributed by atoms with E-state index < -0.39 is 42.9 Å². The van der Waals surface area contributed by atoms with Gasteiger partial charge in [-0.05, 0) is 42.5 Å². The number of benzene rings is 2. The van der Waals surface area contributed by atoms with Crippen molar-refractivity contribution in [3.63, 3.8) is 0 Å². The van der Waals surface area contributed by atoms with Crippen LogP contribution in [0.3, 0.4) is 0 Å². The van der Waals surface area contributed by atoms with Crippen LogP contribution in [-0.2, 0) is 25.6 Å². The van der Waals surface area contributed by atoms with E-state index in [0.717, 1.165) is 4.57 Å². The number of hydrogen-bond donors (Lipinski definition) is 2. The average Bonchev–Trinajstić information content (AvgIpc) is 3.20. The molecule has 3 aromatic rings. The lowest BCUT2D eigenvalue weighted by Crippen LogP contribution is -2.40. The Labute approximate surface area is 221 Å². The van der Waals surface area contributed by atoms with E-state index in [2.05, 4.69) is 10.3 Å². The Morgan fingerprint density at radius 2 is 2.00 bits per heavy atom. The molecule has 5 rings (SSSR count). The van der Waals surface area contributed by atoms with Crippen molar-refractivity contribution in [1.29, 1.82) is 0 Å². The van der Waals surface area contributed by atoms with Crippen molar-refractivity contribution >= 4 is 41.9 Å². The molecule has 2 saturated heterocycles. The lowest BCUT2D eigenvalue weighted by Gasteiger charge is -2.33. The number of carbonyl (C=O) groups is 1. The molecule has 0 bridgehead atoms. The number of para-hydroxylation sites is 1. The Hall–Kier alpha value is -2.83. The molecule has 0 aliphatic carbocycles. The average molecular weight is 566 g/mol. The number of halogens is 1. The molecule has 37 heavy (non-hydrogen) atoms. The van der Waals surface area contributed by atoms with Crippen LogP contribution in [0.25, 0.3) is 0 Å². The third kappa shape index (κ3) is 5.41. The van der Waals surface area contributed by atoms with Gasteiger partial charge >= 0.3 is 12.4 Å². The number of nitrogens with one attached hydrogen (secondary N) is 1. The summed E-state index contributed by atoms with van der Waals surface area (Å²) >= 11 is 11.6. The molecular formula is C23H21ClN3O8PS. The van der Waals surface area contributed by atoms with Crippen molar-refractivity contribution in [2.24, 2.45) is 0 Å². The van der Waals surface area contributed by atoms with E-state index in [-0.39, 0.29) is 12.4 Å². The van der Waals surface area contributed by atoms with Crippen LogP contribution in [0, 0.1) is 0 Å². The minimum Gasteiger partial charge on any atom is -0.497 e. The summed E-state index contributed by atoms with van der Waals surface area (Å²) in [5.74, 6) is 0.484. The first kappa shape index (κ1) is 25.8. The van der Waals surface area contributed by atoms with E-state index in [1.54, 1.807) is 48.5 Å². The number of fused-ring (bicyclic) bond motifs is 1. The summed E-state index contributed by atoms with van der Waals surface area (Å²) in [6.07, 6.45) is -2.64. The number of carbonyl (C=O) groups excluding carboxylic acids is 1. The number of aromatic nitrogens is 2. The SMILES string of the molecule is COc1ccc(C(=O)Nc2ccn(C3OC4COP(=S)(Oc5ccccc5Cl)OC4C3O)c(=O)n2)cc1. The molecule has 14 heteroatoms. The largest absolute Gasteiger partial charge is 0.497 e. The fourth-order valence-corrected chi connectivity index (χ4v) is 6.25. The second-order valence-electron chi connectivity index (χ2n) is 8.08. The molecule has 2 N–H and O–H groups in total. The second-order valence-corrected chi connectivity index (χ2v) is 11.4. The van der Waals surface area contributed by atoms with Gasteiger partial charge < -0.3 is 24.4 Å². The number of ether oxygens (including phenoxy) is 2.